The summed E-state index contributed by atoms with van der Waals surface area (Å²) < 4.78 is 11.0. The molecule has 1 fully saturated rings. The van der Waals surface area contributed by atoms with Gasteiger partial charge < -0.3 is 14.8 Å². The number of anilines is 1. The molecule has 0 aliphatic carbocycles. The minimum absolute atomic E-state index is 0.167. The van der Waals surface area contributed by atoms with E-state index in [-0.39, 0.29) is 18.1 Å². The van der Waals surface area contributed by atoms with Gasteiger partial charge in [0, 0.05) is 17.0 Å². The number of rotatable bonds is 7. The number of aryl methyl sites for hydroxylation is 2. The van der Waals surface area contributed by atoms with E-state index in [0.29, 0.717) is 48.3 Å². The van der Waals surface area contributed by atoms with Gasteiger partial charge in [-0.3, -0.25) is 4.79 Å². The Morgan fingerprint density at radius 2 is 1.93 bits per heavy atom. The van der Waals surface area contributed by atoms with Crippen molar-refractivity contribution in [3.8, 4) is 11.3 Å². The zero-order valence-corrected chi connectivity index (χ0v) is 18.3. The van der Waals surface area contributed by atoms with E-state index < -0.39 is 0 Å². The lowest BCUT2D eigenvalue weighted by Crippen LogP contribution is -2.36. The van der Waals surface area contributed by atoms with Crippen molar-refractivity contribution in [3.63, 3.8) is 0 Å². The smallest absolute Gasteiger partial charge is 0.305 e. The number of ether oxygens (including phenoxy) is 2. The van der Waals surface area contributed by atoms with E-state index in [1.54, 1.807) is 19.1 Å². The van der Waals surface area contributed by atoms with Gasteiger partial charge in [0.25, 0.3) is 0 Å². The second kappa shape index (κ2) is 9.74. The SMILES string of the molecule is CCC(=O)O[C@H]1COC[C@@H]1Nc1nc(CC)c(-c2ccc(Cl)cc2Cl)nc1CC. The van der Waals surface area contributed by atoms with E-state index in [1.165, 1.54) is 0 Å². The summed E-state index contributed by atoms with van der Waals surface area (Å²) >= 11 is 12.5. The first-order chi connectivity index (χ1) is 14.0. The Labute approximate surface area is 180 Å². The number of benzene rings is 1. The van der Waals surface area contributed by atoms with E-state index in [1.807, 2.05) is 19.9 Å². The van der Waals surface area contributed by atoms with Gasteiger partial charge in [-0.2, -0.15) is 0 Å². The van der Waals surface area contributed by atoms with Gasteiger partial charge in [0.15, 0.2) is 0 Å². The van der Waals surface area contributed by atoms with Crippen molar-refractivity contribution >= 4 is 35.0 Å². The number of esters is 1. The van der Waals surface area contributed by atoms with Crippen molar-refractivity contribution < 1.29 is 14.3 Å². The predicted octanol–water partition coefficient (Wildman–Crippen LogP) is 4.71. The average Bonchev–Trinajstić information content (AvgIpc) is 3.14. The average molecular weight is 438 g/mol. The molecule has 8 heteroatoms. The molecule has 0 amide bonds. The molecule has 6 nitrogen and oxygen atoms in total. The third kappa shape index (κ3) is 5.00. The first kappa shape index (κ1) is 21.8. The van der Waals surface area contributed by atoms with Crippen LogP contribution in [0.2, 0.25) is 10.0 Å². The van der Waals surface area contributed by atoms with Crippen LogP contribution >= 0.6 is 23.2 Å². The maximum atomic E-state index is 11.7. The zero-order chi connectivity index (χ0) is 21.0. The van der Waals surface area contributed by atoms with Gasteiger partial charge in [0.2, 0.25) is 0 Å². The van der Waals surface area contributed by atoms with Crippen LogP contribution in [-0.4, -0.2) is 41.3 Å². The molecule has 0 spiro atoms. The molecule has 0 bridgehead atoms. The van der Waals surface area contributed by atoms with Crippen molar-refractivity contribution in [2.75, 3.05) is 18.5 Å². The minimum Gasteiger partial charge on any atom is -0.458 e. The predicted molar refractivity (Wildman–Crippen MR) is 115 cm³/mol. The lowest BCUT2D eigenvalue weighted by molar-refractivity contribution is -0.148. The molecule has 3 rings (SSSR count). The van der Waals surface area contributed by atoms with E-state index in [2.05, 4.69) is 5.32 Å². The second-order valence-corrected chi connectivity index (χ2v) is 7.66. The second-order valence-electron chi connectivity index (χ2n) is 6.82. The molecule has 1 aromatic heterocycles. The molecule has 0 radical (unpaired) electrons. The van der Waals surface area contributed by atoms with Crippen LogP contribution in [0.3, 0.4) is 0 Å². The van der Waals surface area contributed by atoms with Crippen LogP contribution in [0.15, 0.2) is 18.2 Å². The minimum atomic E-state index is -0.343. The number of aromatic nitrogens is 2. The molecule has 1 saturated heterocycles. The normalized spacial score (nSPS) is 18.7. The maximum absolute atomic E-state index is 11.7. The third-order valence-corrected chi connectivity index (χ3v) is 5.37. The van der Waals surface area contributed by atoms with E-state index in [4.69, 9.17) is 42.6 Å². The van der Waals surface area contributed by atoms with E-state index in [0.717, 1.165) is 22.6 Å². The highest BCUT2D eigenvalue weighted by Crippen LogP contribution is 2.32. The van der Waals surface area contributed by atoms with Gasteiger partial charge >= 0.3 is 5.97 Å². The fraction of sp³-hybridized carbons (Fsp3) is 0.476. The summed E-state index contributed by atoms with van der Waals surface area (Å²) in [6, 6.07) is 5.20. The maximum Gasteiger partial charge on any atom is 0.305 e. The Balaban J connectivity index is 1.93. The van der Waals surface area contributed by atoms with Crippen molar-refractivity contribution in [1.29, 1.82) is 0 Å². The Bertz CT molecular complexity index is 892. The van der Waals surface area contributed by atoms with Gasteiger partial charge in [-0.05, 0) is 31.0 Å². The molecule has 0 unspecified atom stereocenters. The summed E-state index contributed by atoms with van der Waals surface area (Å²) in [5.74, 6) is 0.447. The summed E-state index contributed by atoms with van der Waals surface area (Å²) in [5, 5.41) is 4.51. The Kier molecular flexibility index (Phi) is 7.33. The lowest BCUT2D eigenvalue weighted by atomic mass is 10.1. The van der Waals surface area contributed by atoms with Gasteiger partial charge in [0.05, 0.1) is 41.4 Å². The topological polar surface area (TPSA) is 73.3 Å². The molecule has 1 aliphatic heterocycles. The van der Waals surface area contributed by atoms with Gasteiger partial charge in [0.1, 0.15) is 11.9 Å². The molecule has 1 N–H and O–H groups in total. The zero-order valence-electron chi connectivity index (χ0n) is 16.8. The van der Waals surface area contributed by atoms with Crippen molar-refractivity contribution in [2.45, 2.75) is 52.2 Å². The third-order valence-electron chi connectivity index (χ3n) is 4.82. The van der Waals surface area contributed by atoms with Crippen LogP contribution in [0.25, 0.3) is 11.3 Å². The van der Waals surface area contributed by atoms with E-state index in [9.17, 15) is 4.79 Å². The highest BCUT2D eigenvalue weighted by molar-refractivity contribution is 6.36. The molecule has 2 atom stereocenters. The van der Waals surface area contributed by atoms with Gasteiger partial charge in [-0.1, -0.05) is 44.0 Å². The van der Waals surface area contributed by atoms with Crippen LogP contribution in [-0.2, 0) is 27.1 Å². The number of nitrogens with zero attached hydrogens (tertiary/aromatic N) is 2. The first-order valence-electron chi connectivity index (χ1n) is 9.85. The largest absolute Gasteiger partial charge is 0.458 e. The fourth-order valence-corrected chi connectivity index (χ4v) is 3.72. The number of carbonyl (C=O) groups is 1. The summed E-state index contributed by atoms with van der Waals surface area (Å²) in [6.07, 6.45) is 1.36. The number of nitrogens with one attached hydrogen (secondary N) is 1. The fourth-order valence-electron chi connectivity index (χ4n) is 3.22. The quantitative estimate of drug-likeness (QED) is 0.632. The summed E-state index contributed by atoms with van der Waals surface area (Å²) in [7, 11) is 0. The molecule has 1 aliphatic rings. The number of halogens is 2. The molecule has 0 saturated carbocycles. The van der Waals surface area contributed by atoms with Crippen molar-refractivity contribution in [2.24, 2.45) is 0 Å². The van der Waals surface area contributed by atoms with Crippen LogP contribution in [0.5, 0.6) is 0 Å². The van der Waals surface area contributed by atoms with E-state index >= 15 is 0 Å². The van der Waals surface area contributed by atoms with Gasteiger partial charge in [-0.15, -0.1) is 0 Å². The lowest BCUT2D eigenvalue weighted by Gasteiger charge is -2.22. The molecule has 1 aromatic carbocycles. The highest BCUT2D eigenvalue weighted by Gasteiger charge is 2.32. The Morgan fingerprint density at radius 1 is 1.17 bits per heavy atom. The summed E-state index contributed by atoms with van der Waals surface area (Å²) in [6.45, 7) is 6.64. The van der Waals surface area contributed by atoms with Crippen LogP contribution in [0, 0.1) is 0 Å². The molecular weight excluding hydrogens is 413 g/mol. The number of carbonyl (C=O) groups excluding carboxylic acids is 1. The summed E-state index contributed by atoms with van der Waals surface area (Å²) in [4.78, 5) is 21.4. The summed E-state index contributed by atoms with van der Waals surface area (Å²) in [5.41, 5.74) is 3.21. The standard InChI is InChI=1S/C21H25Cl2N3O3/c1-4-15-20(13-8-7-12(22)9-14(13)23)24-16(5-2)21(25-15)26-17-10-28-11-18(17)29-19(27)6-3/h7-9,17-18H,4-6,10-11H2,1-3H3,(H,25,26)/t17-,18-/m0/s1. The Morgan fingerprint density at radius 3 is 2.59 bits per heavy atom. The van der Waals surface area contributed by atoms with Gasteiger partial charge in [-0.25, -0.2) is 9.97 Å². The highest BCUT2D eigenvalue weighted by atomic mass is 35.5. The molecule has 156 valence electrons. The number of hydrogen-bond acceptors (Lipinski definition) is 6. The first-order valence-corrected chi connectivity index (χ1v) is 10.6. The molecule has 29 heavy (non-hydrogen) atoms. The molecular formula is C21H25Cl2N3O3. The van der Waals surface area contributed by atoms with Crippen molar-refractivity contribution in [3.05, 3.63) is 39.6 Å². The molecule has 2 heterocycles. The molecule has 2 aromatic rings. The monoisotopic (exact) mass is 437 g/mol. The Hall–Kier alpha value is -1.89. The van der Waals surface area contributed by atoms with Crippen LogP contribution < -0.4 is 5.32 Å². The van der Waals surface area contributed by atoms with Crippen LogP contribution in [0.1, 0.15) is 38.6 Å². The number of hydrogen-bond donors (Lipinski definition) is 1. The van der Waals surface area contributed by atoms with Crippen LogP contribution in [0.4, 0.5) is 5.82 Å². The van der Waals surface area contributed by atoms with Crippen molar-refractivity contribution in [1.82, 2.24) is 9.97 Å².